The maximum atomic E-state index is 12.7. The number of rotatable bonds is 1. The number of aryl methyl sites for hydroxylation is 2. The van der Waals surface area contributed by atoms with Gasteiger partial charge in [-0.3, -0.25) is 0 Å². The van der Waals surface area contributed by atoms with Crippen LogP contribution in [0.3, 0.4) is 0 Å². The van der Waals surface area contributed by atoms with Gasteiger partial charge in [0.05, 0.1) is 5.92 Å². The molecule has 2 aromatic heterocycles. The van der Waals surface area contributed by atoms with Crippen molar-refractivity contribution in [2.75, 3.05) is 0 Å². The summed E-state index contributed by atoms with van der Waals surface area (Å²) in [5.41, 5.74) is 2.42. The highest BCUT2D eigenvalue weighted by molar-refractivity contribution is 5.46. The Bertz CT molecular complexity index is 556. The molecular weight excluding hydrogens is 253 g/mol. The van der Waals surface area contributed by atoms with Crippen molar-refractivity contribution in [1.82, 2.24) is 9.38 Å². The summed E-state index contributed by atoms with van der Waals surface area (Å²) in [6.07, 6.45) is -1.03. The lowest BCUT2D eigenvalue weighted by Gasteiger charge is -2.18. The van der Waals surface area contributed by atoms with Gasteiger partial charge in [-0.05, 0) is 38.0 Å². The number of imidazole rings is 1. The van der Waals surface area contributed by atoms with E-state index in [-0.39, 0.29) is 0 Å². The van der Waals surface area contributed by atoms with Crippen molar-refractivity contribution in [3.8, 4) is 0 Å². The highest BCUT2D eigenvalue weighted by Crippen LogP contribution is 2.35. The van der Waals surface area contributed by atoms with E-state index < -0.39 is 12.1 Å². The summed E-state index contributed by atoms with van der Waals surface area (Å²) >= 11 is 0. The first-order chi connectivity index (χ1) is 8.80. The van der Waals surface area contributed by atoms with Crippen LogP contribution in [0.2, 0.25) is 0 Å². The van der Waals surface area contributed by atoms with Gasteiger partial charge in [0, 0.05) is 18.1 Å². The third kappa shape index (κ3) is 3.08. The molecule has 0 N–H and O–H groups in total. The van der Waals surface area contributed by atoms with Gasteiger partial charge in [-0.25, -0.2) is 4.98 Å². The van der Waals surface area contributed by atoms with Crippen LogP contribution in [0.5, 0.6) is 0 Å². The average Bonchev–Trinajstić information content (AvgIpc) is 2.70. The molecule has 0 bridgehead atoms. The normalized spacial score (nSPS) is 13.1. The number of nitrogens with zero attached hydrogens (tertiary/aromatic N) is 2. The fourth-order valence-electron chi connectivity index (χ4n) is 1.89. The molecule has 1 atom stereocenters. The van der Waals surface area contributed by atoms with Crippen molar-refractivity contribution < 1.29 is 13.2 Å². The van der Waals surface area contributed by atoms with Gasteiger partial charge in [0.25, 0.3) is 0 Å². The monoisotopic (exact) mass is 272 g/mol. The van der Waals surface area contributed by atoms with Crippen LogP contribution < -0.4 is 0 Å². The molecular formula is C14H19F3N2. The highest BCUT2D eigenvalue weighted by atomic mass is 19.4. The standard InChI is InChI=1S/C12H13F3N2.C2H6/c1-7-4-11-16-5-8(2)17(11)6-10(7)9(3)12(13,14)15;1-2/h4-6,9H,1-3H3;1-2H3. The Balaban J connectivity index is 0.000000861. The van der Waals surface area contributed by atoms with Crippen LogP contribution in [0.25, 0.3) is 5.65 Å². The van der Waals surface area contributed by atoms with E-state index >= 15 is 0 Å². The van der Waals surface area contributed by atoms with Gasteiger partial charge in [-0.1, -0.05) is 13.8 Å². The van der Waals surface area contributed by atoms with Crippen LogP contribution in [0.1, 0.15) is 43.5 Å². The second-order valence-electron chi connectivity index (χ2n) is 4.30. The molecule has 1 unspecified atom stereocenters. The zero-order valence-electron chi connectivity index (χ0n) is 11.8. The molecule has 0 radical (unpaired) electrons. The predicted molar refractivity (Wildman–Crippen MR) is 70.5 cm³/mol. The second-order valence-corrected chi connectivity index (χ2v) is 4.30. The summed E-state index contributed by atoms with van der Waals surface area (Å²) < 4.78 is 39.8. The quantitative estimate of drug-likeness (QED) is 0.739. The van der Waals surface area contributed by atoms with Crippen LogP contribution >= 0.6 is 0 Å². The Kier molecular flexibility index (Phi) is 4.61. The lowest BCUT2D eigenvalue weighted by atomic mass is 9.98. The molecule has 2 rings (SSSR count). The van der Waals surface area contributed by atoms with Gasteiger partial charge >= 0.3 is 6.18 Å². The topological polar surface area (TPSA) is 17.3 Å². The number of fused-ring (bicyclic) bond motifs is 1. The molecule has 19 heavy (non-hydrogen) atoms. The number of pyridine rings is 1. The fourth-order valence-corrected chi connectivity index (χ4v) is 1.89. The van der Waals surface area contributed by atoms with Gasteiger partial charge < -0.3 is 4.40 Å². The molecule has 0 fully saturated rings. The Morgan fingerprint density at radius 3 is 2.32 bits per heavy atom. The number of aromatic nitrogens is 2. The molecule has 0 aliphatic heterocycles. The minimum atomic E-state index is -4.22. The summed E-state index contributed by atoms with van der Waals surface area (Å²) in [5.74, 6) is -1.46. The molecule has 0 saturated heterocycles. The van der Waals surface area contributed by atoms with Crippen LogP contribution in [0.4, 0.5) is 13.2 Å². The summed E-state index contributed by atoms with van der Waals surface area (Å²) in [6, 6.07) is 1.69. The van der Waals surface area contributed by atoms with E-state index in [4.69, 9.17) is 0 Å². The molecule has 0 aromatic carbocycles. The van der Waals surface area contributed by atoms with E-state index in [0.29, 0.717) is 16.8 Å². The van der Waals surface area contributed by atoms with E-state index in [1.807, 2.05) is 20.8 Å². The smallest absolute Gasteiger partial charge is 0.304 e. The minimum absolute atomic E-state index is 0.297. The van der Waals surface area contributed by atoms with Crippen molar-refractivity contribution in [2.24, 2.45) is 0 Å². The largest absolute Gasteiger partial charge is 0.395 e. The summed E-state index contributed by atoms with van der Waals surface area (Å²) in [7, 11) is 0. The van der Waals surface area contributed by atoms with Gasteiger partial charge in [0.1, 0.15) is 5.65 Å². The number of hydrogen-bond acceptors (Lipinski definition) is 1. The Hall–Kier alpha value is -1.52. The molecule has 0 aliphatic rings. The molecule has 0 aliphatic carbocycles. The molecule has 2 nitrogen and oxygen atoms in total. The van der Waals surface area contributed by atoms with Crippen molar-refractivity contribution in [2.45, 2.75) is 46.7 Å². The molecule has 2 heterocycles. The van der Waals surface area contributed by atoms with Crippen molar-refractivity contribution in [3.05, 3.63) is 35.3 Å². The second kappa shape index (κ2) is 5.63. The third-order valence-electron chi connectivity index (χ3n) is 3.04. The molecule has 5 heteroatoms. The van der Waals surface area contributed by atoms with Crippen molar-refractivity contribution >= 4 is 5.65 Å². The first-order valence-electron chi connectivity index (χ1n) is 6.31. The first kappa shape index (κ1) is 15.5. The van der Waals surface area contributed by atoms with Gasteiger partial charge in [0.15, 0.2) is 0 Å². The van der Waals surface area contributed by atoms with E-state index in [0.717, 1.165) is 5.69 Å². The molecule has 2 aromatic rings. The third-order valence-corrected chi connectivity index (χ3v) is 3.04. The number of alkyl halides is 3. The molecule has 0 amide bonds. The Labute approximate surface area is 111 Å². The molecule has 0 spiro atoms. The predicted octanol–water partition coefficient (Wildman–Crippen LogP) is 4.64. The maximum absolute atomic E-state index is 12.7. The van der Waals surface area contributed by atoms with Crippen LogP contribution in [-0.2, 0) is 0 Å². The SMILES string of the molecule is CC.Cc1cc2ncc(C)n2cc1C(C)C(F)(F)F. The maximum Gasteiger partial charge on any atom is 0.395 e. The summed E-state index contributed by atoms with van der Waals surface area (Å²) in [5, 5.41) is 0. The summed E-state index contributed by atoms with van der Waals surface area (Å²) in [6.45, 7) is 8.68. The minimum Gasteiger partial charge on any atom is -0.304 e. The van der Waals surface area contributed by atoms with Crippen molar-refractivity contribution in [3.63, 3.8) is 0 Å². The zero-order chi connectivity index (χ0) is 14.8. The molecule has 0 saturated carbocycles. The van der Waals surface area contributed by atoms with E-state index in [2.05, 4.69) is 4.98 Å². The molecule has 106 valence electrons. The van der Waals surface area contributed by atoms with Gasteiger partial charge in [-0.15, -0.1) is 0 Å². The number of halogens is 3. The summed E-state index contributed by atoms with van der Waals surface area (Å²) in [4.78, 5) is 4.12. The van der Waals surface area contributed by atoms with Crippen LogP contribution in [0.15, 0.2) is 18.5 Å². The van der Waals surface area contributed by atoms with Crippen LogP contribution in [-0.4, -0.2) is 15.6 Å². The van der Waals surface area contributed by atoms with Gasteiger partial charge in [-0.2, -0.15) is 13.2 Å². The Morgan fingerprint density at radius 1 is 1.21 bits per heavy atom. The fraction of sp³-hybridized carbons (Fsp3) is 0.500. The highest BCUT2D eigenvalue weighted by Gasteiger charge is 2.38. The average molecular weight is 272 g/mol. The zero-order valence-corrected chi connectivity index (χ0v) is 11.8. The lowest BCUT2D eigenvalue weighted by Crippen LogP contribution is -2.19. The van der Waals surface area contributed by atoms with Crippen LogP contribution in [0, 0.1) is 13.8 Å². The van der Waals surface area contributed by atoms with E-state index in [1.165, 1.54) is 13.1 Å². The van der Waals surface area contributed by atoms with Crippen molar-refractivity contribution in [1.29, 1.82) is 0 Å². The van der Waals surface area contributed by atoms with E-state index in [1.54, 1.807) is 23.6 Å². The number of hydrogen-bond donors (Lipinski definition) is 0. The Morgan fingerprint density at radius 2 is 1.79 bits per heavy atom. The lowest BCUT2D eigenvalue weighted by molar-refractivity contribution is -0.146. The van der Waals surface area contributed by atoms with Gasteiger partial charge in [0.2, 0.25) is 0 Å². The van der Waals surface area contributed by atoms with E-state index in [9.17, 15) is 13.2 Å². The first-order valence-corrected chi connectivity index (χ1v) is 6.31.